The van der Waals surface area contributed by atoms with E-state index in [9.17, 15) is 14.2 Å². The SMILES string of the molecule is [B][C@@H]1O[C@@]2(CF)CCS[C@H]1C2SP(O)(O)=S. The Balaban J connectivity index is 2.24. The van der Waals surface area contributed by atoms with Crippen LogP contribution in [0.15, 0.2) is 0 Å². The first-order chi connectivity index (χ1) is 7.38. The minimum atomic E-state index is -3.42. The van der Waals surface area contributed by atoms with E-state index in [1.54, 1.807) is 11.8 Å². The second-order valence-electron chi connectivity index (χ2n) is 3.88. The molecular weight excluding hydrogens is 289 g/mol. The highest BCUT2D eigenvalue weighted by Gasteiger charge is 2.57. The number of hydrogen-bond donors (Lipinski definition) is 2. The number of ether oxygens (including phenoxy) is 1. The van der Waals surface area contributed by atoms with Gasteiger partial charge < -0.3 is 14.5 Å². The van der Waals surface area contributed by atoms with Crippen molar-refractivity contribution in [2.24, 2.45) is 0 Å². The third-order valence-corrected chi connectivity index (χ3v) is 7.87. The number of alkyl halides is 1. The summed E-state index contributed by atoms with van der Waals surface area (Å²) < 4.78 is 18.7. The van der Waals surface area contributed by atoms with Crippen molar-refractivity contribution in [3.63, 3.8) is 0 Å². The molecule has 4 atom stereocenters. The van der Waals surface area contributed by atoms with Crippen molar-refractivity contribution in [1.29, 1.82) is 0 Å². The van der Waals surface area contributed by atoms with E-state index in [4.69, 9.17) is 12.6 Å². The van der Waals surface area contributed by atoms with Crippen LogP contribution in [0.4, 0.5) is 4.39 Å². The van der Waals surface area contributed by atoms with Gasteiger partial charge in [0, 0.05) is 11.3 Å². The molecule has 0 aliphatic carbocycles. The lowest BCUT2D eigenvalue weighted by atomic mass is 9.92. The molecule has 2 rings (SSSR count). The van der Waals surface area contributed by atoms with Gasteiger partial charge >= 0.3 is 0 Å². The zero-order chi connectivity index (χ0) is 12.0. The van der Waals surface area contributed by atoms with E-state index in [0.717, 1.165) is 17.1 Å². The molecule has 2 aliphatic rings. The summed E-state index contributed by atoms with van der Waals surface area (Å²) in [5, 5.41) is -0.483. The molecule has 0 aromatic rings. The minimum Gasteiger partial charge on any atom is -0.376 e. The average Bonchev–Trinajstić information content (AvgIpc) is 2.33. The van der Waals surface area contributed by atoms with Crippen LogP contribution in [0, 0.1) is 0 Å². The van der Waals surface area contributed by atoms with Gasteiger partial charge in [-0.05, 0) is 24.0 Å². The number of hydrogen-bond acceptors (Lipinski definition) is 4. The maximum atomic E-state index is 13.2. The Morgan fingerprint density at radius 2 is 2.38 bits per heavy atom. The second-order valence-corrected chi connectivity index (χ2v) is 11.2. The van der Waals surface area contributed by atoms with Crippen LogP contribution in [-0.4, -0.2) is 52.2 Å². The van der Waals surface area contributed by atoms with Crippen molar-refractivity contribution in [2.45, 2.75) is 28.5 Å². The monoisotopic (exact) mass is 300 g/mol. The van der Waals surface area contributed by atoms with Gasteiger partial charge in [-0.2, -0.15) is 11.8 Å². The summed E-state index contributed by atoms with van der Waals surface area (Å²) in [4.78, 5) is 18.7. The van der Waals surface area contributed by atoms with Crippen LogP contribution in [-0.2, 0) is 16.5 Å². The number of halogens is 1. The third-order valence-electron chi connectivity index (χ3n) is 2.82. The molecule has 2 aliphatic heterocycles. The smallest absolute Gasteiger partial charge is 0.242 e. The molecule has 2 saturated heterocycles. The molecule has 2 radical (unpaired) electrons. The van der Waals surface area contributed by atoms with Gasteiger partial charge in [-0.3, -0.25) is 0 Å². The van der Waals surface area contributed by atoms with Gasteiger partial charge in [0.1, 0.15) is 20.1 Å². The second kappa shape index (κ2) is 4.72. The first-order valence-electron chi connectivity index (χ1n) is 4.73. The first kappa shape index (κ1) is 13.7. The zero-order valence-electron chi connectivity index (χ0n) is 8.28. The predicted molar refractivity (Wildman–Crippen MR) is 70.3 cm³/mol. The van der Waals surface area contributed by atoms with Gasteiger partial charge in [0.2, 0.25) is 5.69 Å². The minimum absolute atomic E-state index is 0.115. The molecule has 0 saturated carbocycles. The van der Waals surface area contributed by atoms with E-state index in [1.165, 1.54) is 0 Å². The van der Waals surface area contributed by atoms with Crippen LogP contribution in [0.2, 0.25) is 0 Å². The van der Waals surface area contributed by atoms with Crippen LogP contribution in [0.1, 0.15) is 6.42 Å². The van der Waals surface area contributed by atoms with Crippen molar-refractivity contribution < 1.29 is 18.9 Å². The van der Waals surface area contributed by atoms with Gasteiger partial charge in [0.25, 0.3) is 0 Å². The molecule has 2 fully saturated rings. The van der Waals surface area contributed by atoms with Gasteiger partial charge in [-0.1, -0.05) is 11.4 Å². The number of rotatable bonds is 3. The molecule has 16 heavy (non-hydrogen) atoms. The van der Waals surface area contributed by atoms with Crippen molar-refractivity contribution in [3.05, 3.63) is 0 Å². The van der Waals surface area contributed by atoms with Gasteiger partial charge in [-0.25, -0.2) is 4.39 Å². The molecule has 9 heteroatoms. The standard InChI is InChI=1S/C7H11BFO3PS3/c8-6-4-5(16-13(10,11)14)7(3-9,12-6)1-2-15-4/h4-6H,1-3H2,(H2,10,11,14)/t4-,5?,6+,7+/m0/s1. The molecular formula is C7H11BFO3PS3. The van der Waals surface area contributed by atoms with Crippen LogP contribution < -0.4 is 0 Å². The Hall–Kier alpha value is 1.22. The summed E-state index contributed by atoms with van der Waals surface area (Å²) in [6.07, 6.45) is 0.533. The Morgan fingerprint density at radius 3 is 2.94 bits per heavy atom. The van der Waals surface area contributed by atoms with Crippen molar-refractivity contribution in [1.82, 2.24) is 0 Å². The van der Waals surface area contributed by atoms with Crippen LogP contribution in [0.5, 0.6) is 0 Å². The molecule has 0 spiro atoms. The van der Waals surface area contributed by atoms with Crippen LogP contribution >= 0.6 is 28.8 Å². The topological polar surface area (TPSA) is 49.7 Å². The van der Waals surface area contributed by atoms with Crippen molar-refractivity contribution >= 4 is 48.5 Å². The normalized spacial score (nSPS) is 43.6. The van der Waals surface area contributed by atoms with Gasteiger partial charge in [-0.15, -0.1) is 0 Å². The summed E-state index contributed by atoms with van der Waals surface area (Å²) >= 11 is 7.03. The zero-order valence-corrected chi connectivity index (χ0v) is 11.6. The Morgan fingerprint density at radius 1 is 1.69 bits per heavy atom. The fourth-order valence-corrected chi connectivity index (χ4v) is 7.85. The first-order valence-corrected chi connectivity index (χ1v) is 9.97. The quantitative estimate of drug-likeness (QED) is 0.600. The fraction of sp³-hybridized carbons (Fsp3) is 1.00. The molecule has 90 valence electrons. The molecule has 1 unspecified atom stereocenters. The third kappa shape index (κ3) is 2.48. The van der Waals surface area contributed by atoms with E-state index in [1.807, 2.05) is 0 Å². The molecule has 0 aromatic heterocycles. The van der Waals surface area contributed by atoms with E-state index in [2.05, 4.69) is 11.8 Å². The maximum absolute atomic E-state index is 13.2. The van der Waals surface area contributed by atoms with Crippen LogP contribution in [0.25, 0.3) is 0 Å². The molecule has 2 heterocycles. The largest absolute Gasteiger partial charge is 0.376 e. The summed E-state index contributed by atoms with van der Waals surface area (Å²) in [6, 6.07) is -0.553. The summed E-state index contributed by atoms with van der Waals surface area (Å²) in [5.41, 5.74) is -4.39. The Bertz CT molecular complexity index is 330. The van der Waals surface area contributed by atoms with E-state index < -0.39 is 24.0 Å². The Labute approximate surface area is 108 Å². The molecule has 2 bridgehead atoms. The molecule has 3 nitrogen and oxygen atoms in total. The van der Waals surface area contributed by atoms with Gasteiger partial charge in [0.05, 0.1) is 5.25 Å². The molecule has 0 aromatic carbocycles. The van der Waals surface area contributed by atoms with E-state index in [-0.39, 0.29) is 10.5 Å². The lowest BCUT2D eigenvalue weighted by Crippen LogP contribution is -2.45. The molecule has 2 N–H and O–H groups in total. The number of thioether (sulfide) groups is 1. The summed E-state index contributed by atoms with van der Waals surface area (Å²) in [7, 11) is 5.78. The van der Waals surface area contributed by atoms with Crippen LogP contribution in [0.3, 0.4) is 0 Å². The Kier molecular flexibility index (Phi) is 4.03. The van der Waals surface area contributed by atoms with Crippen molar-refractivity contribution in [3.8, 4) is 0 Å². The van der Waals surface area contributed by atoms with Crippen molar-refractivity contribution in [2.75, 3.05) is 12.4 Å². The van der Waals surface area contributed by atoms with Gasteiger partial charge in [0.15, 0.2) is 0 Å². The highest BCUT2D eigenvalue weighted by molar-refractivity contribution is 8.67. The predicted octanol–water partition coefficient (Wildman–Crippen LogP) is 1.04. The van der Waals surface area contributed by atoms with E-state index in [0.29, 0.717) is 6.42 Å². The highest BCUT2D eigenvalue weighted by atomic mass is 32.9. The molecule has 0 amide bonds. The lowest BCUT2D eigenvalue weighted by molar-refractivity contribution is -0.0269. The fourth-order valence-electron chi connectivity index (χ4n) is 2.11. The summed E-state index contributed by atoms with van der Waals surface area (Å²) in [5.74, 6) is 0.777. The highest BCUT2D eigenvalue weighted by Crippen LogP contribution is 2.62. The number of fused-ring (bicyclic) bond motifs is 2. The lowest BCUT2D eigenvalue weighted by Gasteiger charge is -2.37. The average molecular weight is 300 g/mol. The maximum Gasteiger partial charge on any atom is 0.242 e. The van der Waals surface area contributed by atoms with E-state index >= 15 is 0 Å². The summed E-state index contributed by atoms with van der Waals surface area (Å²) in [6.45, 7) is -0.662.